The minimum absolute atomic E-state index is 0.539. The summed E-state index contributed by atoms with van der Waals surface area (Å²) in [5.41, 5.74) is 1.38. The van der Waals surface area contributed by atoms with E-state index in [4.69, 9.17) is 4.74 Å². The minimum atomic E-state index is 0.539. The Kier molecular flexibility index (Phi) is 6.81. The van der Waals surface area contributed by atoms with Gasteiger partial charge in [0.15, 0.2) is 0 Å². The number of nitrogens with one attached hydrogen (secondary N) is 1. The van der Waals surface area contributed by atoms with E-state index >= 15 is 0 Å². The molecule has 2 atom stereocenters. The van der Waals surface area contributed by atoms with E-state index in [1.807, 2.05) is 6.92 Å². The summed E-state index contributed by atoms with van der Waals surface area (Å²) in [6.07, 6.45) is 2.35. The van der Waals surface area contributed by atoms with Crippen LogP contribution in [0.2, 0.25) is 0 Å². The number of hydrogen-bond donors (Lipinski definition) is 1. The standard InChI is InChI=1S/C16H27NO/c1-5-12-17-16(6-2)13(4)14-8-10-15(11-9-14)18-7-3/h8-11,13,16-17H,5-7,12H2,1-4H3. The molecule has 102 valence electrons. The molecule has 0 aliphatic heterocycles. The molecule has 0 spiro atoms. The lowest BCUT2D eigenvalue weighted by Crippen LogP contribution is -2.33. The van der Waals surface area contributed by atoms with E-state index in [0.717, 1.165) is 25.3 Å². The zero-order valence-electron chi connectivity index (χ0n) is 12.2. The summed E-state index contributed by atoms with van der Waals surface area (Å²) in [6.45, 7) is 10.6. The Morgan fingerprint density at radius 2 is 1.78 bits per heavy atom. The molecular weight excluding hydrogens is 222 g/mol. The van der Waals surface area contributed by atoms with Crippen molar-refractivity contribution in [3.63, 3.8) is 0 Å². The number of ether oxygens (including phenoxy) is 1. The van der Waals surface area contributed by atoms with Crippen molar-refractivity contribution in [3.05, 3.63) is 29.8 Å². The summed E-state index contributed by atoms with van der Waals surface area (Å²) in [7, 11) is 0. The van der Waals surface area contributed by atoms with Crippen LogP contribution in [-0.2, 0) is 0 Å². The van der Waals surface area contributed by atoms with E-state index in [-0.39, 0.29) is 0 Å². The predicted octanol–water partition coefficient (Wildman–Crippen LogP) is 3.97. The van der Waals surface area contributed by atoms with Gasteiger partial charge in [-0.1, -0.05) is 32.9 Å². The quantitative estimate of drug-likeness (QED) is 0.753. The molecule has 0 saturated heterocycles. The summed E-state index contributed by atoms with van der Waals surface area (Å²) >= 11 is 0. The summed E-state index contributed by atoms with van der Waals surface area (Å²) in [6, 6.07) is 9.07. The third-order valence-corrected chi connectivity index (χ3v) is 3.42. The van der Waals surface area contributed by atoms with Gasteiger partial charge in [0.05, 0.1) is 6.61 Å². The normalized spacial score (nSPS) is 14.2. The van der Waals surface area contributed by atoms with Crippen LogP contribution in [0.25, 0.3) is 0 Å². The van der Waals surface area contributed by atoms with Gasteiger partial charge in [-0.05, 0) is 49.9 Å². The SMILES string of the molecule is CCCNC(CC)C(C)c1ccc(OCC)cc1. The second kappa shape index (κ2) is 8.15. The summed E-state index contributed by atoms with van der Waals surface area (Å²) < 4.78 is 5.48. The molecule has 1 rings (SSSR count). The number of rotatable bonds is 8. The van der Waals surface area contributed by atoms with Gasteiger partial charge in [-0.25, -0.2) is 0 Å². The first-order valence-electron chi connectivity index (χ1n) is 7.19. The summed E-state index contributed by atoms with van der Waals surface area (Å²) in [4.78, 5) is 0. The molecule has 0 aromatic heterocycles. The highest BCUT2D eigenvalue weighted by Crippen LogP contribution is 2.23. The van der Waals surface area contributed by atoms with Crippen LogP contribution >= 0.6 is 0 Å². The Bertz CT molecular complexity index is 320. The maximum Gasteiger partial charge on any atom is 0.119 e. The molecule has 0 heterocycles. The molecule has 0 aliphatic carbocycles. The molecule has 0 radical (unpaired) electrons. The van der Waals surface area contributed by atoms with Gasteiger partial charge in [0.2, 0.25) is 0 Å². The molecule has 0 saturated carbocycles. The molecule has 18 heavy (non-hydrogen) atoms. The Labute approximate surface area is 112 Å². The van der Waals surface area contributed by atoms with E-state index in [0.29, 0.717) is 12.0 Å². The van der Waals surface area contributed by atoms with E-state index < -0.39 is 0 Å². The highest BCUT2D eigenvalue weighted by Gasteiger charge is 2.16. The number of hydrogen-bond acceptors (Lipinski definition) is 2. The Morgan fingerprint density at radius 1 is 1.11 bits per heavy atom. The van der Waals surface area contributed by atoms with Crippen LogP contribution in [0.15, 0.2) is 24.3 Å². The van der Waals surface area contributed by atoms with Gasteiger partial charge in [0.25, 0.3) is 0 Å². The monoisotopic (exact) mass is 249 g/mol. The maximum absolute atomic E-state index is 5.48. The molecule has 1 aromatic carbocycles. The summed E-state index contributed by atoms with van der Waals surface area (Å²) in [5.74, 6) is 1.50. The van der Waals surface area contributed by atoms with E-state index in [1.54, 1.807) is 0 Å². The fourth-order valence-corrected chi connectivity index (χ4v) is 2.27. The molecule has 2 unspecified atom stereocenters. The van der Waals surface area contributed by atoms with Crippen LogP contribution < -0.4 is 10.1 Å². The first-order valence-corrected chi connectivity index (χ1v) is 7.19. The van der Waals surface area contributed by atoms with Gasteiger partial charge >= 0.3 is 0 Å². The van der Waals surface area contributed by atoms with Crippen molar-refractivity contribution >= 4 is 0 Å². The predicted molar refractivity (Wildman–Crippen MR) is 78.4 cm³/mol. The van der Waals surface area contributed by atoms with Crippen molar-refractivity contribution in [3.8, 4) is 5.75 Å². The van der Waals surface area contributed by atoms with Gasteiger partial charge in [0, 0.05) is 6.04 Å². The zero-order chi connectivity index (χ0) is 13.4. The van der Waals surface area contributed by atoms with Crippen molar-refractivity contribution in [1.29, 1.82) is 0 Å². The second-order valence-corrected chi connectivity index (χ2v) is 4.76. The third kappa shape index (κ3) is 4.34. The fraction of sp³-hybridized carbons (Fsp3) is 0.625. The second-order valence-electron chi connectivity index (χ2n) is 4.76. The molecule has 2 nitrogen and oxygen atoms in total. The Balaban J connectivity index is 2.65. The lowest BCUT2D eigenvalue weighted by Gasteiger charge is -2.24. The molecule has 2 heteroatoms. The van der Waals surface area contributed by atoms with Crippen LogP contribution in [0, 0.1) is 0 Å². The van der Waals surface area contributed by atoms with Gasteiger partial charge in [-0.3, -0.25) is 0 Å². The molecule has 1 aromatic rings. The van der Waals surface area contributed by atoms with E-state index in [1.165, 1.54) is 12.0 Å². The number of benzene rings is 1. The van der Waals surface area contributed by atoms with E-state index in [9.17, 15) is 0 Å². The van der Waals surface area contributed by atoms with Crippen LogP contribution in [0.1, 0.15) is 52.0 Å². The lowest BCUT2D eigenvalue weighted by molar-refractivity contribution is 0.340. The topological polar surface area (TPSA) is 21.3 Å². The van der Waals surface area contributed by atoms with Crippen molar-refractivity contribution in [1.82, 2.24) is 5.32 Å². The molecular formula is C16H27NO. The highest BCUT2D eigenvalue weighted by molar-refractivity contribution is 5.30. The Hall–Kier alpha value is -1.02. The van der Waals surface area contributed by atoms with Crippen LogP contribution in [0.4, 0.5) is 0 Å². The van der Waals surface area contributed by atoms with Crippen molar-refractivity contribution in [2.45, 2.75) is 52.5 Å². The maximum atomic E-state index is 5.48. The van der Waals surface area contributed by atoms with Gasteiger partial charge < -0.3 is 10.1 Å². The molecule has 0 bridgehead atoms. The van der Waals surface area contributed by atoms with Gasteiger partial charge in [0.1, 0.15) is 5.75 Å². The van der Waals surface area contributed by atoms with Crippen LogP contribution in [0.3, 0.4) is 0 Å². The smallest absolute Gasteiger partial charge is 0.119 e. The first-order chi connectivity index (χ1) is 8.72. The first kappa shape index (κ1) is 15.0. The summed E-state index contributed by atoms with van der Waals surface area (Å²) in [5, 5.41) is 3.63. The van der Waals surface area contributed by atoms with Crippen LogP contribution in [0.5, 0.6) is 5.75 Å². The average molecular weight is 249 g/mol. The molecule has 0 amide bonds. The van der Waals surface area contributed by atoms with Crippen LogP contribution in [-0.4, -0.2) is 19.2 Å². The molecule has 0 fully saturated rings. The lowest BCUT2D eigenvalue weighted by atomic mass is 9.91. The van der Waals surface area contributed by atoms with Crippen molar-refractivity contribution < 1.29 is 4.74 Å². The molecule has 1 N–H and O–H groups in total. The van der Waals surface area contributed by atoms with Crippen molar-refractivity contribution in [2.75, 3.05) is 13.2 Å². The van der Waals surface area contributed by atoms with Crippen molar-refractivity contribution in [2.24, 2.45) is 0 Å². The molecule has 0 aliphatic rings. The third-order valence-electron chi connectivity index (χ3n) is 3.42. The van der Waals surface area contributed by atoms with Gasteiger partial charge in [-0.15, -0.1) is 0 Å². The van der Waals surface area contributed by atoms with Gasteiger partial charge in [-0.2, -0.15) is 0 Å². The fourth-order valence-electron chi connectivity index (χ4n) is 2.27. The minimum Gasteiger partial charge on any atom is -0.494 e. The average Bonchev–Trinajstić information content (AvgIpc) is 2.40. The largest absolute Gasteiger partial charge is 0.494 e. The zero-order valence-corrected chi connectivity index (χ0v) is 12.2. The highest BCUT2D eigenvalue weighted by atomic mass is 16.5. The Morgan fingerprint density at radius 3 is 2.28 bits per heavy atom. The van der Waals surface area contributed by atoms with E-state index in [2.05, 4.69) is 50.4 Å².